The van der Waals surface area contributed by atoms with Crippen LogP contribution in [0.3, 0.4) is 0 Å². The van der Waals surface area contributed by atoms with Gasteiger partial charge in [-0.05, 0) is 43.2 Å². The molecule has 0 aliphatic carbocycles. The van der Waals surface area contributed by atoms with E-state index < -0.39 is 0 Å². The Balaban J connectivity index is 1.59. The van der Waals surface area contributed by atoms with Gasteiger partial charge in [-0.2, -0.15) is 0 Å². The van der Waals surface area contributed by atoms with E-state index in [0.29, 0.717) is 45.4 Å². The molecule has 6 nitrogen and oxygen atoms in total. The highest BCUT2D eigenvalue weighted by atomic mass is 16.2. The van der Waals surface area contributed by atoms with Crippen LogP contribution in [0.25, 0.3) is 0 Å². The number of piperidine rings is 1. The van der Waals surface area contributed by atoms with E-state index in [1.165, 1.54) is 0 Å². The lowest BCUT2D eigenvalue weighted by molar-refractivity contribution is -0.143. The Hall–Kier alpha value is -2.76. The number of aromatic nitrogens is 2. The van der Waals surface area contributed by atoms with Gasteiger partial charge in [-0.15, -0.1) is 0 Å². The number of rotatable bonds is 7. The molecule has 6 heteroatoms. The molecule has 1 atom stereocenters. The zero-order valence-corrected chi connectivity index (χ0v) is 15.8. The lowest BCUT2D eigenvalue weighted by Crippen LogP contribution is -2.47. The first-order chi connectivity index (χ1) is 13.2. The molecule has 1 unspecified atom stereocenters. The van der Waals surface area contributed by atoms with Crippen LogP contribution in [0.15, 0.2) is 48.9 Å². The number of carbonyl (C=O) groups excluding carboxylic acids is 2. The van der Waals surface area contributed by atoms with E-state index in [0.717, 1.165) is 11.3 Å². The molecule has 1 aliphatic rings. The van der Waals surface area contributed by atoms with Crippen LogP contribution in [0, 0.1) is 5.92 Å². The average Bonchev–Trinajstić information content (AvgIpc) is 2.72. The van der Waals surface area contributed by atoms with E-state index in [1.54, 1.807) is 18.6 Å². The monoisotopic (exact) mass is 366 g/mol. The predicted molar refractivity (Wildman–Crippen MR) is 103 cm³/mol. The first-order valence-corrected chi connectivity index (χ1v) is 9.52. The van der Waals surface area contributed by atoms with E-state index in [-0.39, 0.29) is 17.7 Å². The van der Waals surface area contributed by atoms with Crippen molar-refractivity contribution < 1.29 is 9.59 Å². The molecular weight excluding hydrogens is 340 g/mol. The SMILES string of the molecule is CCN(Cc1ccncc1)C(=O)C1CCC(=O)N(CCc2ccccn2)C1. The van der Waals surface area contributed by atoms with Crippen molar-refractivity contribution in [3.63, 3.8) is 0 Å². The summed E-state index contributed by atoms with van der Waals surface area (Å²) in [6, 6.07) is 9.65. The minimum atomic E-state index is -0.131. The van der Waals surface area contributed by atoms with Crippen molar-refractivity contribution in [1.82, 2.24) is 19.8 Å². The van der Waals surface area contributed by atoms with Crippen molar-refractivity contribution in [3.8, 4) is 0 Å². The van der Waals surface area contributed by atoms with Crippen molar-refractivity contribution in [2.75, 3.05) is 19.6 Å². The van der Waals surface area contributed by atoms with Crippen LogP contribution < -0.4 is 0 Å². The van der Waals surface area contributed by atoms with E-state index in [1.807, 2.05) is 47.1 Å². The predicted octanol–water partition coefficient (Wildman–Crippen LogP) is 2.31. The van der Waals surface area contributed by atoms with Crippen LogP contribution in [0.1, 0.15) is 31.0 Å². The van der Waals surface area contributed by atoms with E-state index >= 15 is 0 Å². The largest absolute Gasteiger partial charge is 0.342 e. The summed E-state index contributed by atoms with van der Waals surface area (Å²) < 4.78 is 0. The highest BCUT2D eigenvalue weighted by molar-refractivity contribution is 5.83. The van der Waals surface area contributed by atoms with E-state index in [2.05, 4.69) is 9.97 Å². The second-order valence-corrected chi connectivity index (χ2v) is 6.85. The van der Waals surface area contributed by atoms with Gasteiger partial charge in [0.25, 0.3) is 0 Å². The molecule has 0 saturated carbocycles. The molecule has 2 amide bonds. The maximum atomic E-state index is 13.0. The van der Waals surface area contributed by atoms with Crippen LogP contribution in [0.2, 0.25) is 0 Å². The summed E-state index contributed by atoms with van der Waals surface area (Å²) in [5.74, 6) is 0.130. The second kappa shape index (κ2) is 9.26. The molecule has 1 aliphatic heterocycles. The fraction of sp³-hybridized carbons (Fsp3) is 0.429. The Kier molecular flexibility index (Phi) is 6.52. The summed E-state index contributed by atoms with van der Waals surface area (Å²) in [5.41, 5.74) is 2.03. The maximum Gasteiger partial charge on any atom is 0.227 e. The standard InChI is InChI=1S/C21H26N4O2/c1-2-24(15-17-8-12-22-13-9-17)21(27)18-6-7-20(26)25(16-18)14-10-19-5-3-4-11-23-19/h3-5,8-9,11-13,18H,2,6-7,10,14-16H2,1H3. The molecular formula is C21H26N4O2. The van der Waals surface area contributed by atoms with Crippen molar-refractivity contribution in [2.45, 2.75) is 32.7 Å². The molecule has 2 aromatic heterocycles. The van der Waals surface area contributed by atoms with Gasteiger partial charge in [0.1, 0.15) is 0 Å². The van der Waals surface area contributed by atoms with Crippen molar-refractivity contribution in [1.29, 1.82) is 0 Å². The van der Waals surface area contributed by atoms with Crippen molar-refractivity contribution in [3.05, 3.63) is 60.2 Å². The van der Waals surface area contributed by atoms with Gasteiger partial charge in [-0.3, -0.25) is 19.6 Å². The van der Waals surface area contributed by atoms with E-state index in [9.17, 15) is 9.59 Å². The van der Waals surface area contributed by atoms with Gasteiger partial charge in [0.05, 0.1) is 5.92 Å². The number of hydrogen-bond acceptors (Lipinski definition) is 4. The molecule has 27 heavy (non-hydrogen) atoms. The molecule has 0 bridgehead atoms. The first-order valence-electron chi connectivity index (χ1n) is 9.52. The van der Waals surface area contributed by atoms with Crippen LogP contribution in [0.4, 0.5) is 0 Å². The van der Waals surface area contributed by atoms with Crippen LogP contribution in [-0.4, -0.2) is 51.2 Å². The Morgan fingerprint density at radius 1 is 1.22 bits per heavy atom. The molecule has 0 spiro atoms. The van der Waals surface area contributed by atoms with Gasteiger partial charge >= 0.3 is 0 Å². The number of nitrogens with zero attached hydrogens (tertiary/aromatic N) is 4. The fourth-order valence-electron chi connectivity index (χ4n) is 3.44. The molecule has 3 heterocycles. The zero-order valence-electron chi connectivity index (χ0n) is 15.8. The Morgan fingerprint density at radius 2 is 2.04 bits per heavy atom. The van der Waals surface area contributed by atoms with Gasteiger partial charge in [0.15, 0.2) is 0 Å². The summed E-state index contributed by atoms with van der Waals surface area (Å²) in [7, 11) is 0. The van der Waals surface area contributed by atoms with Gasteiger partial charge in [-0.1, -0.05) is 6.07 Å². The molecule has 0 N–H and O–H groups in total. The quantitative estimate of drug-likeness (QED) is 0.754. The zero-order chi connectivity index (χ0) is 19.1. The molecule has 1 fully saturated rings. The second-order valence-electron chi connectivity index (χ2n) is 6.85. The van der Waals surface area contributed by atoms with Crippen molar-refractivity contribution in [2.24, 2.45) is 5.92 Å². The number of amides is 2. The van der Waals surface area contributed by atoms with Gasteiger partial charge in [-0.25, -0.2) is 0 Å². The average molecular weight is 366 g/mol. The van der Waals surface area contributed by atoms with Crippen molar-refractivity contribution >= 4 is 11.8 Å². The molecule has 142 valence electrons. The van der Waals surface area contributed by atoms with Gasteiger partial charge in [0.2, 0.25) is 11.8 Å². The third-order valence-electron chi connectivity index (χ3n) is 5.03. The molecule has 0 aromatic carbocycles. The topological polar surface area (TPSA) is 66.4 Å². The summed E-state index contributed by atoms with van der Waals surface area (Å²) in [6.07, 6.45) is 7.02. The summed E-state index contributed by atoms with van der Waals surface area (Å²) in [6.45, 7) is 4.33. The third kappa shape index (κ3) is 5.12. The van der Waals surface area contributed by atoms with E-state index in [4.69, 9.17) is 0 Å². The summed E-state index contributed by atoms with van der Waals surface area (Å²) in [4.78, 5) is 37.3. The highest BCUT2D eigenvalue weighted by Gasteiger charge is 2.32. The summed E-state index contributed by atoms with van der Waals surface area (Å²) in [5, 5.41) is 0. The molecule has 1 saturated heterocycles. The normalized spacial score (nSPS) is 17.0. The summed E-state index contributed by atoms with van der Waals surface area (Å²) >= 11 is 0. The van der Waals surface area contributed by atoms with Crippen LogP contribution in [-0.2, 0) is 22.6 Å². The smallest absolute Gasteiger partial charge is 0.227 e. The Morgan fingerprint density at radius 3 is 2.74 bits per heavy atom. The molecule has 2 aromatic rings. The lowest BCUT2D eigenvalue weighted by Gasteiger charge is -2.34. The van der Waals surface area contributed by atoms with Crippen LogP contribution in [0.5, 0.6) is 0 Å². The minimum Gasteiger partial charge on any atom is -0.342 e. The third-order valence-corrected chi connectivity index (χ3v) is 5.03. The van der Waals surface area contributed by atoms with Crippen LogP contribution >= 0.6 is 0 Å². The molecule has 0 radical (unpaired) electrons. The maximum absolute atomic E-state index is 13.0. The number of carbonyl (C=O) groups is 2. The number of pyridine rings is 2. The van der Waals surface area contributed by atoms with Gasteiger partial charge in [0, 0.05) is 63.3 Å². The first kappa shape index (κ1) is 19.0. The Bertz CT molecular complexity index is 751. The lowest BCUT2D eigenvalue weighted by atomic mass is 9.95. The minimum absolute atomic E-state index is 0.129. The fourth-order valence-corrected chi connectivity index (χ4v) is 3.44. The number of hydrogen-bond donors (Lipinski definition) is 0. The van der Waals surface area contributed by atoms with Gasteiger partial charge < -0.3 is 9.80 Å². The highest BCUT2D eigenvalue weighted by Crippen LogP contribution is 2.21. The molecule has 3 rings (SSSR count). The number of likely N-dealkylation sites (tertiary alicyclic amines) is 1. The Labute approximate surface area is 160 Å².